The first kappa shape index (κ1) is 11.8. The van der Waals surface area contributed by atoms with E-state index in [0.717, 1.165) is 6.42 Å². The van der Waals surface area contributed by atoms with Crippen LogP contribution in [0.25, 0.3) is 0 Å². The molecule has 0 spiro atoms. The molecule has 0 saturated heterocycles. The van der Waals surface area contributed by atoms with E-state index in [4.69, 9.17) is 11.1 Å². The summed E-state index contributed by atoms with van der Waals surface area (Å²) in [5.74, 6) is -0.233. The van der Waals surface area contributed by atoms with Crippen molar-refractivity contribution in [3.63, 3.8) is 0 Å². The van der Waals surface area contributed by atoms with Crippen molar-refractivity contribution in [2.45, 2.75) is 38.5 Å². The van der Waals surface area contributed by atoms with Gasteiger partial charge in [0.1, 0.15) is 0 Å². The minimum absolute atomic E-state index is 0.0129. The Balaban J connectivity index is 2.12. The van der Waals surface area contributed by atoms with Gasteiger partial charge in [0.25, 0.3) is 0 Å². The average Bonchev–Trinajstić information content (AvgIpc) is 2.18. The minimum Gasteiger partial charge on any atom is -0.387 e. The lowest BCUT2D eigenvalue weighted by molar-refractivity contribution is -0.119. The zero-order chi connectivity index (χ0) is 11.1. The summed E-state index contributed by atoms with van der Waals surface area (Å²) < 4.78 is 0. The van der Waals surface area contributed by atoms with Gasteiger partial charge in [-0.1, -0.05) is 11.6 Å². The average molecular weight is 209 g/mol. The van der Waals surface area contributed by atoms with E-state index in [1.807, 2.05) is 0 Å². The number of allylic oxidation sites excluding steroid dienone is 1. The number of rotatable bonds is 5. The van der Waals surface area contributed by atoms with Crippen LogP contribution in [0.3, 0.4) is 0 Å². The highest BCUT2D eigenvalue weighted by Crippen LogP contribution is 2.19. The van der Waals surface area contributed by atoms with Crippen LogP contribution in [-0.2, 0) is 4.79 Å². The maximum Gasteiger partial charge on any atom is 0.227 e. The molecule has 0 aromatic rings. The van der Waals surface area contributed by atoms with Crippen LogP contribution in [0.15, 0.2) is 11.6 Å². The number of carbonyl (C=O) groups excluding carboxylic acids is 1. The summed E-state index contributed by atoms with van der Waals surface area (Å²) >= 11 is 0. The van der Waals surface area contributed by atoms with E-state index in [1.54, 1.807) is 0 Å². The van der Waals surface area contributed by atoms with Gasteiger partial charge in [-0.2, -0.15) is 0 Å². The second kappa shape index (κ2) is 6.22. The highest BCUT2D eigenvalue weighted by Gasteiger charge is 2.05. The monoisotopic (exact) mass is 209 g/mol. The largest absolute Gasteiger partial charge is 0.387 e. The molecular formula is C11H19N3O. The number of amides is 1. The molecule has 84 valence electrons. The zero-order valence-electron chi connectivity index (χ0n) is 9.01. The molecule has 0 bridgehead atoms. The number of nitrogens with one attached hydrogen (secondary N) is 2. The lowest BCUT2D eigenvalue weighted by atomic mass is 9.97. The molecule has 1 amide bonds. The van der Waals surface area contributed by atoms with Crippen molar-refractivity contribution >= 4 is 11.7 Å². The normalized spacial score (nSPS) is 15.6. The Kier molecular flexibility index (Phi) is 4.87. The van der Waals surface area contributed by atoms with Crippen molar-refractivity contribution in [1.29, 1.82) is 5.41 Å². The van der Waals surface area contributed by atoms with Gasteiger partial charge in [0.2, 0.25) is 5.91 Å². The van der Waals surface area contributed by atoms with Crippen LogP contribution in [0.2, 0.25) is 0 Å². The van der Waals surface area contributed by atoms with Crippen LogP contribution in [0.4, 0.5) is 0 Å². The van der Waals surface area contributed by atoms with Crippen LogP contribution in [0.1, 0.15) is 38.5 Å². The lowest BCUT2D eigenvalue weighted by Gasteiger charge is -2.12. The first-order valence-corrected chi connectivity index (χ1v) is 5.46. The third-order valence-electron chi connectivity index (χ3n) is 2.50. The summed E-state index contributed by atoms with van der Waals surface area (Å²) in [6.07, 6.45) is 8.13. The maximum atomic E-state index is 11.1. The standard InChI is InChI=1S/C11H19N3O/c12-10(13)8-11(15)14-7-6-9-4-2-1-3-5-9/h4H,1-3,5-8H2,(H3,12,13)(H,14,15). The van der Waals surface area contributed by atoms with Gasteiger partial charge >= 0.3 is 0 Å². The van der Waals surface area contributed by atoms with E-state index in [2.05, 4.69) is 11.4 Å². The molecule has 0 aromatic carbocycles. The Morgan fingerprint density at radius 1 is 1.53 bits per heavy atom. The molecule has 0 unspecified atom stereocenters. The molecule has 0 saturated carbocycles. The van der Waals surface area contributed by atoms with E-state index in [9.17, 15) is 4.79 Å². The molecule has 0 aromatic heterocycles. The number of hydrogen-bond acceptors (Lipinski definition) is 2. The fourth-order valence-corrected chi connectivity index (χ4v) is 1.73. The number of amidine groups is 1. The predicted molar refractivity (Wildman–Crippen MR) is 60.7 cm³/mol. The maximum absolute atomic E-state index is 11.1. The molecule has 1 aliphatic carbocycles. The molecule has 0 radical (unpaired) electrons. The van der Waals surface area contributed by atoms with Crippen molar-refractivity contribution in [3.8, 4) is 0 Å². The van der Waals surface area contributed by atoms with Crippen LogP contribution >= 0.6 is 0 Å². The number of hydrogen-bond donors (Lipinski definition) is 3. The van der Waals surface area contributed by atoms with E-state index in [1.165, 1.54) is 31.3 Å². The van der Waals surface area contributed by atoms with Crippen LogP contribution in [-0.4, -0.2) is 18.3 Å². The molecule has 0 heterocycles. The van der Waals surface area contributed by atoms with Crippen LogP contribution < -0.4 is 11.1 Å². The van der Waals surface area contributed by atoms with Crippen molar-refractivity contribution in [2.75, 3.05) is 6.54 Å². The van der Waals surface area contributed by atoms with Gasteiger partial charge < -0.3 is 11.1 Å². The quantitative estimate of drug-likeness (QED) is 0.363. The summed E-state index contributed by atoms with van der Waals surface area (Å²) in [5.41, 5.74) is 6.57. The molecule has 0 fully saturated rings. The molecule has 15 heavy (non-hydrogen) atoms. The van der Waals surface area contributed by atoms with Crippen molar-refractivity contribution in [3.05, 3.63) is 11.6 Å². The van der Waals surface area contributed by atoms with Crippen LogP contribution in [0, 0.1) is 5.41 Å². The summed E-state index contributed by atoms with van der Waals surface area (Å²) in [4.78, 5) is 11.1. The van der Waals surface area contributed by atoms with Gasteiger partial charge in [-0.05, 0) is 32.1 Å². The Hall–Kier alpha value is -1.32. The Morgan fingerprint density at radius 2 is 2.33 bits per heavy atom. The highest BCUT2D eigenvalue weighted by atomic mass is 16.1. The third kappa shape index (κ3) is 5.20. The first-order valence-electron chi connectivity index (χ1n) is 5.46. The van der Waals surface area contributed by atoms with Crippen molar-refractivity contribution in [1.82, 2.24) is 5.32 Å². The van der Waals surface area contributed by atoms with Gasteiger partial charge in [-0.15, -0.1) is 0 Å². The SMILES string of the molecule is N=C(N)CC(=O)NCCC1=CCCCC1. The minimum atomic E-state index is -0.154. The highest BCUT2D eigenvalue weighted by molar-refractivity contribution is 5.97. The molecule has 4 heteroatoms. The van der Waals surface area contributed by atoms with E-state index >= 15 is 0 Å². The van der Waals surface area contributed by atoms with Gasteiger partial charge in [-0.3, -0.25) is 10.2 Å². The Morgan fingerprint density at radius 3 is 2.93 bits per heavy atom. The molecule has 0 aliphatic heterocycles. The summed E-state index contributed by atoms with van der Waals surface area (Å²) in [6, 6.07) is 0. The summed E-state index contributed by atoms with van der Waals surface area (Å²) in [5, 5.41) is 9.72. The molecule has 4 N–H and O–H groups in total. The topological polar surface area (TPSA) is 79.0 Å². The predicted octanol–water partition coefficient (Wildman–Crippen LogP) is 1.32. The number of carbonyl (C=O) groups is 1. The second-order valence-corrected chi connectivity index (χ2v) is 3.91. The lowest BCUT2D eigenvalue weighted by Crippen LogP contribution is -2.29. The van der Waals surface area contributed by atoms with Gasteiger partial charge in [0.05, 0.1) is 12.3 Å². The molecule has 1 aliphatic rings. The third-order valence-corrected chi connectivity index (χ3v) is 2.50. The fourth-order valence-electron chi connectivity index (χ4n) is 1.73. The van der Waals surface area contributed by atoms with Gasteiger partial charge in [-0.25, -0.2) is 0 Å². The molecule has 1 rings (SSSR count). The van der Waals surface area contributed by atoms with Gasteiger partial charge in [0.15, 0.2) is 0 Å². The van der Waals surface area contributed by atoms with Crippen molar-refractivity contribution in [2.24, 2.45) is 5.73 Å². The Labute approximate surface area is 90.4 Å². The van der Waals surface area contributed by atoms with Gasteiger partial charge in [0, 0.05) is 6.54 Å². The molecule has 4 nitrogen and oxygen atoms in total. The second-order valence-electron chi connectivity index (χ2n) is 3.91. The summed E-state index contributed by atoms with van der Waals surface area (Å²) in [7, 11) is 0. The smallest absolute Gasteiger partial charge is 0.227 e. The molecular weight excluding hydrogens is 190 g/mol. The van der Waals surface area contributed by atoms with E-state index in [-0.39, 0.29) is 18.2 Å². The van der Waals surface area contributed by atoms with E-state index in [0.29, 0.717) is 6.54 Å². The fraction of sp³-hybridized carbons (Fsp3) is 0.636. The van der Waals surface area contributed by atoms with Crippen molar-refractivity contribution < 1.29 is 4.79 Å². The summed E-state index contributed by atoms with van der Waals surface area (Å²) in [6.45, 7) is 0.665. The Bertz CT molecular complexity index is 271. The molecule has 0 atom stereocenters. The first-order chi connectivity index (χ1) is 7.18. The van der Waals surface area contributed by atoms with Crippen LogP contribution in [0.5, 0.6) is 0 Å². The number of nitrogens with two attached hydrogens (primary N) is 1. The zero-order valence-corrected chi connectivity index (χ0v) is 9.01. The van der Waals surface area contributed by atoms with E-state index < -0.39 is 0 Å².